The summed E-state index contributed by atoms with van der Waals surface area (Å²) >= 11 is 0. The summed E-state index contributed by atoms with van der Waals surface area (Å²) in [6.07, 6.45) is 2.63. The highest BCUT2D eigenvalue weighted by molar-refractivity contribution is 5.90. The normalized spacial score (nSPS) is 20.9. The van der Waals surface area contributed by atoms with Gasteiger partial charge in [-0.2, -0.15) is 14.6 Å². The smallest absolute Gasteiger partial charge is 0.296 e. The summed E-state index contributed by atoms with van der Waals surface area (Å²) < 4.78 is 21.8. The van der Waals surface area contributed by atoms with E-state index in [1.165, 1.54) is 11.1 Å². The van der Waals surface area contributed by atoms with Crippen molar-refractivity contribution < 1.29 is 14.0 Å². The standard InChI is InChI=1S/C17H11FN8O2/c18-16-24(8-19)7-11-25(16)10-4-2-1-3-9(10)12-21-22-13(26(11)12)14-20-15(23-28-14)17(27)5-6-17/h1-4,7,16,27H,5-6H2. The minimum atomic E-state index is -1.70. The van der Waals surface area contributed by atoms with Crippen molar-refractivity contribution in [2.45, 2.75) is 24.9 Å². The van der Waals surface area contributed by atoms with E-state index in [9.17, 15) is 14.8 Å². The number of fused-ring (bicyclic) bond motifs is 6. The SMILES string of the molecule is N#CN1C=C2N(c3ccccc3-c3nnc(-c4nc(C5(O)CC5)no4)n32)C1F. The van der Waals surface area contributed by atoms with Crippen LogP contribution in [0.3, 0.4) is 0 Å². The minimum absolute atomic E-state index is 0.0557. The fourth-order valence-electron chi connectivity index (χ4n) is 3.49. The molecule has 28 heavy (non-hydrogen) atoms. The van der Waals surface area contributed by atoms with E-state index in [4.69, 9.17) is 4.52 Å². The van der Waals surface area contributed by atoms with Crippen molar-refractivity contribution in [3.05, 3.63) is 36.3 Å². The second-order valence-electron chi connectivity index (χ2n) is 6.83. The number of benzene rings is 1. The fourth-order valence-corrected chi connectivity index (χ4v) is 3.49. The highest BCUT2D eigenvalue weighted by Gasteiger charge is 2.47. The third kappa shape index (κ3) is 1.82. The number of nitriles is 1. The first-order valence-corrected chi connectivity index (χ1v) is 8.56. The Bertz CT molecular complexity index is 1200. The van der Waals surface area contributed by atoms with Crippen molar-refractivity contribution in [3.8, 4) is 29.3 Å². The van der Waals surface area contributed by atoms with Crippen LogP contribution in [0, 0.1) is 11.5 Å². The zero-order chi connectivity index (χ0) is 19.0. The Hall–Kier alpha value is -3.78. The van der Waals surface area contributed by atoms with Crippen LogP contribution in [-0.4, -0.2) is 41.3 Å². The van der Waals surface area contributed by atoms with Crippen LogP contribution in [0.5, 0.6) is 0 Å². The molecule has 2 aliphatic heterocycles. The molecule has 1 atom stereocenters. The number of halogens is 1. The van der Waals surface area contributed by atoms with E-state index < -0.39 is 12.0 Å². The second kappa shape index (κ2) is 4.93. The number of hydrogen-bond donors (Lipinski definition) is 1. The van der Waals surface area contributed by atoms with Crippen molar-refractivity contribution in [3.63, 3.8) is 0 Å². The maximum absolute atomic E-state index is 14.9. The molecule has 0 saturated heterocycles. The summed E-state index contributed by atoms with van der Waals surface area (Å²) in [4.78, 5) is 6.53. The predicted octanol–water partition coefficient (Wildman–Crippen LogP) is 1.60. The number of nitrogens with zero attached hydrogens (tertiary/aromatic N) is 8. The molecule has 11 heteroatoms. The van der Waals surface area contributed by atoms with Gasteiger partial charge in [-0.3, -0.25) is 9.47 Å². The molecule has 1 aromatic carbocycles. The molecule has 1 aliphatic carbocycles. The number of alkyl halides is 1. The lowest BCUT2D eigenvalue weighted by molar-refractivity contribution is 0.137. The van der Waals surface area contributed by atoms with Crippen LogP contribution < -0.4 is 4.90 Å². The molecule has 0 radical (unpaired) electrons. The van der Waals surface area contributed by atoms with E-state index in [1.54, 1.807) is 22.8 Å². The average molecular weight is 378 g/mol. The van der Waals surface area contributed by atoms with Gasteiger partial charge in [0.2, 0.25) is 11.6 Å². The predicted molar refractivity (Wildman–Crippen MR) is 91.0 cm³/mol. The van der Waals surface area contributed by atoms with Gasteiger partial charge < -0.3 is 9.63 Å². The topological polar surface area (TPSA) is 120 Å². The first-order valence-electron chi connectivity index (χ1n) is 8.56. The molecule has 10 nitrogen and oxygen atoms in total. The first-order chi connectivity index (χ1) is 13.6. The number of rotatable bonds is 2. The Morgan fingerprint density at radius 1 is 1.25 bits per heavy atom. The van der Waals surface area contributed by atoms with Gasteiger partial charge >= 0.3 is 0 Å². The Morgan fingerprint density at radius 3 is 2.82 bits per heavy atom. The molecule has 1 saturated carbocycles. The number of hydrogen-bond acceptors (Lipinski definition) is 9. The van der Waals surface area contributed by atoms with E-state index in [-0.39, 0.29) is 17.5 Å². The lowest BCUT2D eigenvalue weighted by Crippen LogP contribution is -2.36. The zero-order valence-corrected chi connectivity index (χ0v) is 14.2. The summed E-state index contributed by atoms with van der Waals surface area (Å²) in [6.45, 7) is 0. The third-order valence-electron chi connectivity index (χ3n) is 5.11. The summed E-state index contributed by atoms with van der Waals surface area (Å²) in [5, 5.41) is 31.7. The Morgan fingerprint density at radius 2 is 2.04 bits per heavy atom. The molecule has 138 valence electrons. The summed E-state index contributed by atoms with van der Waals surface area (Å²) in [6, 6.07) is 7.14. The molecule has 6 rings (SSSR count). The van der Waals surface area contributed by atoms with Crippen LogP contribution >= 0.6 is 0 Å². The van der Waals surface area contributed by atoms with Crippen LogP contribution in [0.15, 0.2) is 35.0 Å². The molecule has 3 aromatic rings. The average Bonchev–Trinajstić information content (AvgIpc) is 3.11. The van der Waals surface area contributed by atoms with Crippen LogP contribution in [-0.2, 0) is 5.60 Å². The first kappa shape index (κ1) is 15.3. The van der Waals surface area contributed by atoms with Gasteiger partial charge in [-0.05, 0) is 25.0 Å². The largest absolute Gasteiger partial charge is 0.382 e. The van der Waals surface area contributed by atoms with Crippen LogP contribution in [0.4, 0.5) is 10.1 Å². The van der Waals surface area contributed by atoms with Gasteiger partial charge in [0.05, 0.1) is 11.9 Å². The van der Waals surface area contributed by atoms with E-state index in [0.717, 1.165) is 4.90 Å². The molecule has 2 aromatic heterocycles. The van der Waals surface area contributed by atoms with Crippen molar-refractivity contribution in [1.29, 1.82) is 5.26 Å². The molecule has 0 amide bonds. The zero-order valence-electron chi connectivity index (χ0n) is 14.2. The molecule has 1 unspecified atom stereocenters. The molecule has 4 heterocycles. The van der Waals surface area contributed by atoms with Crippen LogP contribution in [0.25, 0.3) is 28.9 Å². The summed E-state index contributed by atoms with van der Waals surface area (Å²) in [5.74, 6) is 1.27. The van der Waals surface area contributed by atoms with Crippen LogP contribution in [0.2, 0.25) is 0 Å². The van der Waals surface area contributed by atoms with Crippen molar-refractivity contribution in [2.24, 2.45) is 0 Å². The lowest BCUT2D eigenvalue weighted by Gasteiger charge is -2.31. The monoisotopic (exact) mass is 378 g/mol. The van der Waals surface area contributed by atoms with Crippen molar-refractivity contribution >= 4 is 11.5 Å². The van der Waals surface area contributed by atoms with Crippen LogP contribution in [0.1, 0.15) is 18.7 Å². The lowest BCUT2D eigenvalue weighted by atomic mass is 10.1. The molecular formula is C17H11FN8O2. The maximum Gasteiger partial charge on any atom is 0.296 e. The Balaban J connectivity index is 1.57. The van der Waals surface area contributed by atoms with Crippen molar-refractivity contribution in [1.82, 2.24) is 29.8 Å². The second-order valence-corrected chi connectivity index (χ2v) is 6.83. The molecule has 0 spiro atoms. The summed E-state index contributed by atoms with van der Waals surface area (Å²) in [7, 11) is 0. The Labute approximate surface area is 156 Å². The maximum atomic E-state index is 14.9. The van der Waals surface area contributed by atoms with Gasteiger partial charge in [-0.1, -0.05) is 17.3 Å². The highest BCUT2D eigenvalue weighted by Crippen LogP contribution is 2.47. The fraction of sp³-hybridized carbons (Fsp3) is 0.235. The quantitative estimate of drug-likeness (QED) is 0.523. The summed E-state index contributed by atoms with van der Waals surface area (Å²) in [5.41, 5.74) is 0.171. The number of aromatic nitrogens is 5. The number of anilines is 1. The van der Waals surface area contributed by atoms with Gasteiger partial charge in [0.1, 0.15) is 11.4 Å². The molecule has 3 aliphatic rings. The molecule has 1 fully saturated rings. The molecular weight excluding hydrogens is 367 g/mol. The Kier molecular flexibility index (Phi) is 2.69. The van der Waals surface area contributed by atoms with E-state index >= 15 is 0 Å². The van der Waals surface area contributed by atoms with Gasteiger partial charge in [-0.25, -0.2) is 4.90 Å². The van der Waals surface area contributed by atoms with Gasteiger partial charge in [0.15, 0.2) is 12.0 Å². The number of aliphatic hydroxyl groups is 1. The third-order valence-corrected chi connectivity index (χ3v) is 5.11. The van der Waals surface area contributed by atoms with Gasteiger partial charge in [0, 0.05) is 5.56 Å². The van der Waals surface area contributed by atoms with Gasteiger partial charge in [-0.15, -0.1) is 10.2 Å². The minimum Gasteiger partial charge on any atom is -0.382 e. The number of para-hydroxylation sites is 1. The van der Waals surface area contributed by atoms with E-state index in [2.05, 4.69) is 20.3 Å². The molecule has 1 N–H and O–H groups in total. The van der Waals surface area contributed by atoms with E-state index in [0.29, 0.717) is 35.7 Å². The van der Waals surface area contributed by atoms with Crippen molar-refractivity contribution in [2.75, 3.05) is 4.90 Å². The van der Waals surface area contributed by atoms with Gasteiger partial charge in [0.25, 0.3) is 12.3 Å². The highest BCUT2D eigenvalue weighted by atomic mass is 19.1. The van der Waals surface area contributed by atoms with E-state index in [1.807, 2.05) is 12.3 Å². The molecule has 0 bridgehead atoms.